The van der Waals surface area contributed by atoms with Gasteiger partial charge in [0.2, 0.25) is 5.89 Å². The lowest BCUT2D eigenvalue weighted by molar-refractivity contribution is 0.214. The van der Waals surface area contributed by atoms with Gasteiger partial charge in [-0.3, -0.25) is 4.99 Å². The van der Waals surface area contributed by atoms with E-state index in [1.165, 1.54) is 6.07 Å². The number of aromatic nitrogens is 1. The topological polar surface area (TPSA) is 71.7 Å². The zero-order valence-corrected chi connectivity index (χ0v) is 15.9. The summed E-state index contributed by atoms with van der Waals surface area (Å²) >= 11 is 1.58. The molecule has 0 amide bonds. The number of hydrogen-bond donors (Lipinski definition) is 2. The molecule has 2 N–H and O–H groups in total. The molecule has 1 unspecified atom stereocenters. The first-order valence-corrected chi connectivity index (χ1v) is 9.37. The molecule has 27 heavy (non-hydrogen) atoms. The average molecular weight is 388 g/mol. The minimum absolute atomic E-state index is 0.235. The Bertz CT molecular complexity index is 879. The molecule has 0 aliphatic carbocycles. The summed E-state index contributed by atoms with van der Waals surface area (Å²) in [5, 5.41) is 8.29. The van der Waals surface area contributed by atoms with Crippen LogP contribution in [0.1, 0.15) is 12.6 Å². The Kier molecular flexibility index (Phi) is 6.43. The minimum Gasteiger partial charge on any atom is -0.486 e. The Balaban J connectivity index is 1.46. The number of hydrogen-bond acceptors (Lipinski definition) is 5. The maximum Gasteiger partial charge on any atom is 0.236 e. The lowest BCUT2D eigenvalue weighted by atomic mass is 10.3. The van der Waals surface area contributed by atoms with E-state index >= 15 is 0 Å². The van der Waals surface area contributed by atoms with Crippen molar-refractivity contribution in [1.29, 1.82) is 0 Å². The van der Waals surface area contributed by atoms with Crippen LogP contribution in [0.4, 0.5) is 4.39 Å². The van der Waals surface area contributed by atoms with Crippen molar-refractivity contribution >= 4 is 17.3 Å². The van der Waals surface area contributed by atoms with Gasteiger partial charge in [0.05, 0.1) is 23.7 Å². The second kappa shape index (κ2) is 9.18. The van der Waals surface area contributed by atoms with Gasteiger partial charge < -0.3 is 19.8 Å². The standard InChI is InChI=1S/C19H21FN4O2S/c1-13(26-16-7-4-3-6-15(16)20)10-22-19(21-2)23-11-14-12-25-18(24-14)17-8-5-9-27-17/h3-9,12-13H,10-11H2,1-2H3,(H2,21,22,23). The molecule has 2 heterocycles. The molecule has 0 radical (unpaired) electrons. The van der Waals surface area contributed by atoms with Crippen LogP contribution in [-0.4, -0.2) is 30.6 Å². The summed E-state index contributed by atoms with van der Waals surface area (Å²) in [6, 6.07) is 10.3. The van der Waals surface area contributed by atoms with Gasteiger partial charge in [0.15, 0.2) is 17.5 Å². The van der Waals surface area contributed by atoms with Crippen molar-refractivity contribution in [2.24, 2.45) is 4.99 Å². The molecule has 3 aromatic rings. The Morgan fingerprint density at radius 3 is 2.89 bits per heavy atom. The molecule has 0 fully saturated rings. The van der Waals surface area contributed by atoms with Crippen molar-refractivity contribution in [3.05, 3.63) is 59.6 Å². The Morgan fingerprint density at radius 1 is 1.30 bits per heavy atom. The molecule has 0 bridgehead atoms. The number of aliphatic imine (C=N–C) groups is 1. The van der Waals surface area contributed by atoms with Crippen LogP contribution in [0.15, 0.2) is 57.5 Å². The second-order valence-corrected chi connectivity index (χ2v) is 6.73. The van der Waals surface area contributed by atoms with Gasteiger partial charge in [0, 0.05) is 7.05 Å². The first-order valence-electron chi connectivity index (χ1n) is 8.49. The number of benzene rings is 1. The predicted octanol–water partition coefficient (Wildman–Crippen LogP) is 3.67. The number of rotatable bonds is 7. The molecule has 0 saturated heterocycles. The maximum atomic E-state index is 13.6. The van der Waals surface area contributed by atoms with Crippen molar-refractivity contribution in [3.63, 3.8) is 0 Å². The number of thiophene rings is 1. The number of nitrogens with zero attached hydrogens (tertiary/aromatic N) is 2. The highest BCUT2D eigenvalue weighted by Crippen LogP contribution is 2.23. The largest absolute Gasteiger partial charge is 0.486 e. The van der Waals surface area contributed by atoms with Crippen LogP contribution in [0.5, 0.6) is 5.75 Å². The second-order valence-electron chi connectivity index (χ2n) is 5.79. The molecular weight excluding hydrogens is 367 g/mol. The van der Waals surface area contributed by atoms with Gasteiger partial charge >= 0.3 is 0 Å². The van der Waals surface area contributed by atoms with E-state index in [1.54, 1.807) is 42.8 Å². The zero-order valence-electron chi connectivity index (χ0n) is 15.1. The SMILES string of the molecule is CN=C(NCc1coc(-c2cccs2)n1)NCC(C)Oc1ccccc1F. The van der Waals surface area contributed by atoms with Crippen LogP contribution >= 0.6 is 11.3 Å². The first-order chi connectivity index (χ1) is 13.2. The average Bonchev–Trinajstić information content (AvgIpc) is 3.35. The highest BCUT2D eigenvalue weighted by atomic mass is 32.1. The van der Waals surface area contributed by atoms with Crippen LogP contribution in [0.3, 0.4) is 0 Å². The van der Waals surface area contributed by atoms with E-state index in [0.717, 1.165) is 10.6 Å². The van der Waals surface area contributed by atoms with Gasteiger partial charge in [-0.15, -0.1) is 11.3 Å². The number of nitrogens with one attached hydrogen (secondary N) is 2. The van der Waals surface area contributed by atoms with Gasteiger partial charge in [-0.05, 0) is 30.5 Å². The number of oxazole rings is 1. The van der Waals surface area contributed by atoms with Crippen molar-refractivity contribution in [2.75, 3.05) is 13.6 Å². The molecule has 1 aromatic carbocycles. The summed E-state index contributed by atoms with van der Waals surface area (Å²) in [5.74, 6) is 1.06. The van der Waals surface area contributed by atoms with Crippen molar-refractivity contribution in [1.82, 2.24) is 15.6 Å². The molecule has 1 atom stereocenters. The third-order valence-electron chi connectivity index (χ3n) is 3.67. The molecule has 0 spiro atoms. The predicted molar refractivity (Wildman–Crippen MR) is 105 cm³/mol. The monoisotopic (exact) mass is 388 g/mol. The summed E-state index contributed by atoms with van der Waals surface area (Å²) in [4.78, 5) is 9.61. The Labute approximate surface area is 161 Å². The highest BCUT2D eigenvalue weighted by Gasteiger charge is 2.10. The maximum absolute atomic E-state index is 13.6. The molecule has 0 aliphatic heterocycles. The number of guanidine groups is 1. The van der Waals surface area contributed by atoms with Gasteiger partial charge in [0.25, 0.3) is 0 Å². The summed E-state index contributed by atoms with van der Waals surface area (Å²) in [6.07, 6.45) is 1.39. The molecule has 0 saturated carbocycles. The normalized spacial score (nSPS) is 12.6. The van der Waals surface area contributed by atoms with Crippen LogP contribution in [0, 0.1) is 5.82 Å². The van der Waals surface area contributed by atoms with E-state index in [1.807, 2.05) is 24.4 Å². The third-order valence-corrected chi connectivity index (χ3v) is 4.52. The molecule has 2 aromatic heterocycles. The Hall–Kier alpha value is -2.87. The summed E-state index contributed by atoms with van der Waals surface area (Å²) in [6.45, 7) is 2.79. The van der Waals surface area contributed by atoms with E-state index < -0.39 is 0 Å². The summed E-state index contributed by atoms with van der Waals surface area (Å²) in [7, 11) is 1.68. The van der Waals surface area contributed by atoms with E-state index in [2.05, 4.69) is 20.6 Å². The number of para-hydroxylation sites is 1. The molecular formula is C19H21FN4O2S. The number of ether oxygens (including phenoxy) is 1. The van der Waals surface area contributed by atoms with Crippen molar-refractivity contribution < 1.29 is 13.5 Å². The molecule has 0 aliphatic rings. The fraction of sp³-hybridized carbons (Fsp3) is 0.263. The van der Waals surface area contributed by atoms with Gasteiger partial charge in [-0.25, -0.2) is 9.37 Å². The third kappa shape index (κ3) is 5.30. The van der Waals surface area contributed by atoms with E-state index in [9.17, 15) is 4.39 Å². The summed E-state index contributed by atoms with van der Waals surface area (Å²) < 4.78 is 24.7. The minimum atomic E-state index is -0.376. The lowest BCUT2D eigenvalue weighted by Crippen LogP contribution is -2.41. The zero-order chi connectivity index (χ0) is 19.1. The van der Waals surface area contributed by atoms with Gasteiger partial charge in [-0.2, -0.15) is 0 Å². The van der Waals surface area contributed by atoms with E-state index in [-0.39, 0.29) is 17.7 Å². The lowest BCUT2D eigenvalue weighted by Gasteiger charge is -2.17. The fourth-order valence-electron chi connectivity index (χ4n) is 2.34. The molecule has 6 nitrogen and oxygen atoms in total. The molecule has 142 valence electrons. The van der Waals surface area contributed by atoms with Crippen LogP contribution in [0.2, 0.25) is 0 Å². The van der Waals surface area contributed by atoms with E-state index in [4.69, 9.17) is 9.15 Å². The van der Waals surface area contributed by atoms with Crippen molar-refractivity contribution in [3.8, 4) is 16.5 Å². The fourth-order valence-corrected chi connectivity index (χ4v) is 2.99. The Morgan fingerprint density at radius 2 is 2.15 bits per heavy atom. The summed E-state index contributed by atoms with van der Waals surface area (Å²) in [5.41, 5.74) is 0.775. The van der Waals surface area contributed by atoms with Gasteiger partial charge in [-0.1, -0.05) is 18.2 Å². The first kappa shape index (κ1) is 18.9. The van der Waals surface area contributed by atoms with Crippen molar-refractivity contribution in [2.45, 2.75) is 19.6 Å². The smallest absolute Gasteiger partial charge is 0.236 e. The molecule has 3 rings (SSSR count). The van der Waals surface area contributed by atoms with Gasteiger partial charge in [0.1, 0.15) is 12.4 Å². The van der Waals surface area contributed by atoms with Crippen LogP contribution in [0.25, 0.3) is 10.8 Å². The van der Waals surface area contributed by atoms with E-state index in [0.29, 0.717) is 24.9 Å². The van der Waals surface area contributed by atoms with Crippen LogP contribution in [-0.2, 0) is 6.54 Å². The number of halogens is 1. The van der Waals surface area contributed by atoms with Crippen LogP contribution < -0.4 is 15.4 Å². The quantitative estimate of drug-likeness (QED) is 0.477. The highest BCUT2D eigenvalue weighted by molar-refractivity contribution is 7.13. The molecule has 8 heteroatoms.